The van der Waals surface area contributed by atoms with Gasteiger partial charge in [-0.05, 0) is 52.0 Å². The molecule has 0 saturated heterocycles. The van der Waals surface area contributed by atoms with Crippen molar-refractivity contribution in [2.24, 2.45) is 0 Å². The molecule has 0 aromatic heterocycles. The Balaban J connectivity index is 0.000000640. The van der Waals surface area contributed by atoms with Gasteiger partial charge in [0, 0.05) is 30.9 Å². The molecule has 3 rings (SSSR count). The molecule has 1 aromatic carbocycles. The number of fused-ring (bicyclic) bond motifs is 2. The van der Waals surface area contributed by atoms with Crippen LogP contribution in [0.25, 0.3) is 20.8 Å². The van der Waals surface area contributed by atoms with Crippen molar-refractivity contribution in [1.82, 2.24) is 9.56 Å². The number of rotatable bonds is 5. The van der Waals surface area contributed by atoms with Crippen molar-refractivity contribution >= 4 is 27.2 Å². The lowest BCUT2D eigenvalue weighted by Gasteiger charge is -2.21. The third-order valence-corrected chi connectivity index (χ3v) is 5.70. The highest BCUT2D eigenvalue weighted by Gasteiger charge is 2.11. The third-order valence-electron chi connectivity index (χ3n) is 4.60. The molecule has 1 aromatic rings. The number of nitrogens with zero attached hydrogens (tertiary/aromatic N) is 4. The molecule has 8 heteroatoms. The minimum atomic E-state index is -1.75. The minimum absolute atomic E-state index is 1.03. The first-order valence-electron chi connectivity index (χ1n) is 9.42. The minimum Gasteiger partial charge on any atom is -0.372 e. The average Bonchev–Trinajstić information content (AvgIpc) is 2.67. The van der Waals surface area contributed by atoms with Crippen LogP contribution in [0.15, 0.2) is 36.4 Å². The predicted molar refractivity (Wildman–Crippen MR) is 117 cm³/mol. The van der Waals surface area contributed by atoms with Crippen LogP contribution in [0.4, 0.5) is 5.69 Å². The number of anilines is 1. The van der Waals surface area contributed by atoms with E-state index in [-0.39, 0.29) is 0 Å². The number of aromatic nitrogens is 1. The van der Waals surface area contributed by atoms with Crippen molar-refractivity contribution in [3.05, 3.63) is 57.1 Å². The van der Waals surface area contributed by atoms with E-state index in [9.17, 15) is 0 Å². The molecule has 0 radical (unpaired) electrons. The summed E-state index contributed by atoms with van der Waals surface area (Å²) in [4.78, 5) is 16.7. The van der Waals surface area contributed by atoms with Crippen molar-refractivity contribution in [3.63, 3.8) is 0 Å². The highest BCUT2D eigenvalue weighted by atomic mass is 32.1. The van der Waals surface area contributed by atoms with E-state index in [1.807, 2.05) is 11.3 Å². The lowest BCUT2D eigenvalue weighted by Crippen LogP contribution is -2.29. The number of hydrogen-bond donors (Lipinski definition) is 0. The molecule has 0 atom stereocenters. The van der Waals surface area contributed by atoms with E-state index in [4.69, 9.17) is 20.3 Å². The SMILES string of the molecule is CCN(CC)c1ccc2nc3ccc(=[N+](CC)CC)cc-3sc2c1.O=[N+]([O-])[O-]. The third kappa shape index (κ3) is 5.16. The Morgan fingerprint density at radius 2 is 1.64 bits per heavy atom. The Hall–Kier alpha value is -2.74. The Morgan fingerprint density at radius 3 is 2.21 bits per heavy atom. The molecule has 150 valence electrons. The van der Waals surface area contributed by atoms with Crippen molar-refractivity contribution in [2.45, 2.75) is 27.7 Å². The van der Waals surface area contributed by atoms with Crippen molar-refractivity contribution in [2.75, 3.05) is 31.1 Å². The molecule has 0 spiro atoms. The second-order valence-corrected chi connectivity index (χ2v) is 7.17. The summed E-state index contributed by atoms with van der Waals surface area (Å²) in [6.07, 6.45) is 0. The van der Waals surface area contributed by atoms with Gasteiger partial charge < -0.3 is 20.2 Å². The van der Waals surface area contributed by atoms with Gasteiger partial charge in [-0.1, -0.05) is 0 Å². The predicted octanol–water partition coefficient (Wildman–Crippen LogP) is 3.82. The maximum atomic E-state index is 8.25. The van der Waals surface area contributed by atoms with Crippen LogP contribution < -0.4 is 14.8 Å². The first-order chi connectivity index (χ1) is 13.4. The fraction of sp³-hybridized carbons (Fsp3) is 0.400. The van der Waals surface area contributed by atoms with Crippen LogP contribution in [-0.2, 0) is 0 Å². The molecule has 0 N–H and O–H groups in total. The molecule has 0 amide bonds. The molecule has 0 saturated carbocycles. The van der Waals surface area contributed by atoms with Gasteiger partial charge in [0.1, 0.15) is 13.1 Å². The van der Waals surface area contributed by atoms with Crippen LogP contribution in [0.2, 0.25) is 0 Å². The fourth-order valence-electron chi connectivity index (χ4n) is 3.17. The summed E-state index contributed by atoms with van der Waals surface area (Å²) < 4.78 is 3.63. The first kappa shape index (κ1) is 21.6. The second-order valence-electron chi connectivity index (χ2n) is 6.09. The van der Waals surface area contributed by atoms with E-state index >= 15 is 0 Å². The summed E-state index contributed by atoms with van der Waals surface area (Å²) in [6, 6.07) is 13.2. The van der Waals surface area contributed by atoms with E-state index < -0.39 is 5.09 Å². The molecule has 0 bridgehead atoms. The highest BCUT2D eigenvalue weighted by molar-refractivity contribution is 7.21. The molecule has 7 nitrogen and oxygen atoms in total. The molecule has 1 aliphatic heterocycles. The summed E-state index contributed by atoms with van der Waals surface area (Å²) in [5.74, 6) is 0. The Morgan fingerprint density at radius 1 is 1.00 bits per heavy atom. The van der Waals surface area contributed by atoms with Gasteiger partial charge in [0.2, 0.25) is 5.36 Å². The van der Waals surface area contributed by atoms with E-state index in [2.05, 4.69) is 73.6 Å². The van der Waals surface area contributed by atoms with Crippen LogP contribution in [0, 0.1) is 15.3 Å². The van der Waals surface area contributed by atoms with Crippen LogP contribution in [0.3, 0.4) is 0 Å². The van der Waals surface area contributed by atoms with E-state index in [0.717, 1.165) is 37.4 Å². The van der Waals surface area contributed by atoms with Gasteiger partial charge >= 0.3 is 0 Å². The summed E-state index contributed by atoms with van der Waals surface area (Å²) in [7, 11) is 0. The van der Waals surface area contributed by atoms with Crippen molar-refractivity contribution in [1.29, 1.82) is 0 Å². The monoisotopic (exact) mass is 402 g/mol. The van der Waals surface area contributed by atoms with Crippen LogP contribution in [0.1, 0.15) is 27.7 Å². The molecule has 1 heterocycles. The Kier molecular flexibility index (Phi) is 7.69. The lowest BCUT2D eigenvalue weighted by molar-refractivity contribution is -0.402. The van der Waals surface area contributed by atoms with E-state index in [0.29, 0.717) is 0 Å². The van der Waals surface area contributed by atoms with E-state index in [1.165, 1.54) is 20.6 Å². The topological polar surface area (TPSA) is 85.3 Å². The second kappa shape index (κ2) is 9.98. The number of benzene rings is 2. The molecular weight excluding hydrogens is 376 g/mol. The largest absolute Gasteiger partial charge is 0.372 e. The Labute approximate surface area is 168 Å². The fourth-order valence-corrected chi connectivity index (χ4v) is 4.21. The van der Waals surface area contributed by atoms with Gasteiger partial charge in [0.25, 0.3) is 0 Å². The zero-order valence-corrected chi connectivity index (χ0v) is 17.5. The molecule has 28 heavy (non-hydrogen) atoms. The average molecular weight is 403 g/mol. The molecule has 1 aliphatic carbocycles. The maximum Gasteiger partial charge on any atom is 0.201 e. The van der Waals surface area contributed by atoms with E-state index in [1.54, 1.807) is 0 Å². The lowest BCUT2D eigenvalue weighted by atomic mass is 10.2. The maximum absolute atomic E-state index is 8.25. The van der Waals surface area contributed by atoms with Gasteiger partial charge in [0.05, 0.1) is 25.9 Å². The van der Waals surface area contributed by atoms with Gasteiger partial charge in [-0.3, -0.25) is 0 Å². The summed E-state index contributed by atoms with van der Waals surface area (Å²) >= 11 is 1.84. The normalized spacial score (nSPS) is 10.4. The van der Waals surface area contributed by atoms with Crippen LogP contribution >= 0.6 is 11.3 Å². The summed E-state index contributed by atoms with van der Waals surface area (Å²) in [6.45, 7) is 12.9. The zero-order chi connectivity index (χ0) is 20.7. The van der Waals surface area contributed by atoms with Gasteiger partial charge in [-0.25, -0.2) is 9.56 Å². The zero-order valence-electron chi connectivity index (χ0n) is 16.7. The molecule has 2 aliphatic rings. The van der Waals surface area contributed by atoms with Gasteiger partial charge in [-0.15, -0.1) is 11.3 Å². The smallest absolute Gasteiger partial charge is 0.201 e. The summed E-state index contributed by atoms with van der Waals surface area (Å²) in [5.41, 5.74) is 3.45. The van der Waals surface area contributed by atoms with Crippen molar-refractivity contribution in [3.8, 4) is 10.6 Å². The molecular formula is C20H26N4O3S. The number of hydrogen-bond acceptors (Lipinski definition) is 6. The molecule has 0 fully saturated rings. The summed E-state index contributed by atoms with van der Waals surface area (Å²) in [5, 5.41) is 16.0. The highest BCUT2D eigenvalue weighted by Crippen LogP contribution is 2.31. The standard InChI is InChI=1S/C20H26N3S.NO3/c1-5-22(6-2)15-9-11-17-19(13-15)24-20-14-16(23(7-3)8-4)10-12-18(20)21-17;2-1(3)4/h9-14H,5-8H2,1-4H3;/q+1;-1. The van der Waals surface area contributed by atoms with Gasteiger partial charge in [-0.2, -0.15) is 0 Å². The molecule has 0 unspecified atom stereocenters. The Bertz CT molecular complexity index is 973. The quantitative estimate of drug-likeness (QED) is 0.280. The van der Waals surface area contributed by atoms with Crippen LogP contribution in [0.5, 0.6) is 0 Å². The first-order valence-corrected chi connectivity index (χ1v) is 10.2. The van der Waals surface area contributed by atoms with Crippen LogP contribution in [-0.4, -0.2) is 36.2 Å². The van der Waals surface area contributed by atoms with Gasteiger partial charge in [0.15, 0.2) is 0 Å². The van der Waals surface area contributed by atoms with Crippen molar-refractivity contribution < 1.29 is 5.09 Å².